The molecule has 0 bridgehead atoms. The standard InChI is InChI=1S/C13H17N3O/c1-15(10-13-14-7-8-16(13)2)9-11-3-5-12(17)6-4-11/h3-8,17H,9-10H2,1-2H3. The van der Waals surface area contributed by atoms with Gasteiger partial charge in [-0.1, -0.05) is 12.1 Å². The second kappa shape index (κ2) is 5.01. The topological polar surface area (TPSA) is 41.3 Å². The first kappa shape index (κ1) is 11.7. The summed E-state index contributed by atoms with van der Waals surface area (Å²) in [5.41, 5.74) is 1.18. The fourth-order valence-electron chi connectivity index (χ4n) is 1.76. The molecule has 0 unspecified atom stereocenters. The Labute approximate surface area is 101 Å². The minimum Gasteiger partial charge on any atom is -0.508 e. The number of benzene rings is 1. The predicted molar refractivity (Wildman–Crippen MR) is 66.5 cm³/mol. The molecule has 1 aromatic heterocycles. The number of hydrogen-bond donors (Lipinski definition) is 1. The zero-order valence-corrected chi connectivity index (χ0v) is 10.2. The van der Waals surface area contributed by atoms with Gasteiger partial charge in [-0.2, -0.15) is 0 Å². The van der Waals surface area contributed by atoms with Crippen molar-refractivity contribution in [1.29, 1.82) is 0 Å². The van der Waals surface area contributed by atoms with Crippen molar-refractivity contribution >= 4 is 0 Å². The highest BCUT2D eigenvalue weighted by Crippen LogP contribution is 2.12. The lowest BCUT2D eigenvalue weighted by atomic mass is 10.2. The molecule has 0 fully saturated rings. The molecular weight excluding hydrogens is 214 g/mol. The van der Waals surface area contributed by atoms with Crippen molar-refractivity contribution in [2.75, 3.05) is 7.05 Å². The molecule has 17 heavy (non-hydrogen) atoms. The molecule has 1 aromatic carbocycles. The Balaban J connectivity index is 1.95. The van der Waals surface area contributed by atoms with E-state index in [1.165, 1.54) is 5.56 Å². The summed E-state index contributed by atoms with van der Waals surface area (Å²) >= 11 is 0. The summed E-state index contributed by atoms with van der Waals surface area (Å²) in [5, 5.41) is 9.21. The fourth-order valence-corrected chi connectivity index (χ4v) is 1.76. The van der Waals surface area contributed by atoms with Gasteiger partial charge < -0.3 is 9.67 Å². The van der Waals surface area contributed by atoms with Gasteiger partial charge in [0.15, 0.2) is 0 Å². The van der Waals surface area contributed by atoms with Crippen LogP contribution in [0.25, 0.3) is 0 Å². The Morgan fingerprint density at radius 3 is 2.53 bits per heavy atom. The molecule has 4 heteroatoms. The van der Waals surface area contributed by atoms with Gasteiger partial charge in [0.1, 0.15) is 11.6 Å². The largest absolute Gasteiger partial charge is 0.508 e. The third-order valence-electron chi connectivity index (χ3n) is 2.72. The van der Waals surface area contributed by atoms with Gasteiger partial charge in [0.05, 0.1) is 6.54 Å². The van der Waals surface area contributed by atoms with Crippen molar-refractivity contribution < 1.29 is 5.11 Å². The van der Waals surface area contributed by atoms with E-state index >= 15 is 0 Å². The van der Waals surface area contributed by atoms with E-state index in [2.05, 4.69) is 16.9 Å². The van der Waals surface area contributed by atoms with Crippen LogP contribution in [0.4, 0.5) is 0 Å². The Hall–Kier alpha value is -1.81. The Kier molecular flexibility index (Phi) is 3.44. The molecule has 0 spiro atoms. The maximum atomic E-state index is 9.21. The first-order valence-electron chi connectivity index (χ1n) is 5.58. The number of phenolic OH excluding ortho intramolecular Hbond substituents is 1. The zero-order valence-electron chi connectivity index (χ0n) is 10.2. The first-order chi connectivity index (χ1) is 8.15. The third kappa shape index (κ3) is 3.07. The molecular formula is C13H17N3O. The van der Waals surface area contributed by atoms with Gasteiger partial charge in [-0.25, -0.2) is 4.98 Å². The van der Waals surface area contributed by atoms with E-state index in [4.69, 9.17) is 0 Å². The summed E-state index contributed by atoms with van der Waals surface area (Å²) in [6.07, 6.45) is 3.76. The van der Waals surface area contributed by atoms with Crippen molar-refractivity contribution in [2.24, 2.45) is 7.05 Å². The molecule has 0 aliphatic rings. The van der Waals surface area contributed by atoms with Crippen LogP contribution in [0.2, 0.25) is 0 Å². The zero-order chi connectivity index (χ0) is 12.3. The van der Waals surface area contributed by atoms with E-state index in [0.717, 1.165) is 18.9 Å². The van der Waals surface area contributed by atoms with Crippen LogP contribution >= 0.6 is 0 Å². The number of aryl methyl sites for hydroxylation is 1. The summed E-state index contributed by atoms with van der Waals surface area (Å²) in [7, 11) is 4.05. The minimum atomic E-state index is 0.306. The molecule has 0 radical (unpaired) electrons. The lowest BCUT2D eigenvalue weighted by molar-refractivity contribution is 0.307. The summed E-state index contributed by atoms with van der Waals surface area (Å²) in [5.74, 6) is 1.35. The molecule has 0 atom stereocenters. The van der Waals surface area contributed by atoms with Gasteiger partial charge in [-0.05, 0) is 24.7 Å². The number of rotatable bonds is 4. The van der Waals surface area contributed by atoms with Crippen LogP contribution in [0.5, 0.6) is 5.75 Å². The first-order valence-corrected chi connectivity index (χ1v) is 5.58. The van der Waals surface area contributed by atoms with Gasteiger partial charge in [-0.15, -0.1) is 0 Å². The van der Waals surface area contributed by atoms with Crippen LogP contribution in [0.3, 0.4) is 0 Å². The van der Waals surface area contributed by atoms with Crippen LogP contribution in [0.15, 0.2) is 36.7 Å². The highest BCUT2D eigenvalue weighted by atomic mass is 16.3. The second-order valence-electron chi connectivity index (χ2n) is 4.29. The van der Waals surface area contributed by atoms with E-state index in [9.17, 15) is 5.11 Å². The fraction of sp³-hybridized carbons (Fsp3) is 0.308. The summed E-state index contributed by atoms with van der Waals surface area (Å²) in [4.78, 5) is 6.48. The van der Waals surface area contributed by atoms with Crippen molar-refractivity contribution in [2.45, 2.75) is 13.1 Å². The molecule has 2 aromatic rings. The molecule has 0 saturated heterocycles. The summed E-state index contributed by atoms with van der Waals surface area (Å²) in [6.45, 7) is 1.65. The maximum Gasteiger partial charge on any atom is 0.122 e. The van der Waals surface area contributed by atoms with Crippen LogP contribution in [-0.4, -0.2) is 26.6 Å². The lowest BCUT2D eigenvalue weighted by Gasteiger charge is -2.16. The Bertz CT molecular complexity index is 476. The molecule has 0 aliphatic heterocycles. The quantitative estimate of drug-likeness (QED) is 0.871. The van der Waals surface area contributed by atoms with Crippen molar-refractivity contribution in [3.8, 4) is 5.75 Å². The third-order valence-corrected chi connectivity index (χ3v) is 2.72. The number of hydrogen-bond acceptors (Lipinski definition) is 3. The smallest absolute Gasteiger partial charge is 0.122 e. The van der Waals surface area contributed by atoms with Crippen LogP contribution in [-0.2, 0) is 20.1 Å². The molecule has 90 valence electrons. The monoisotopic (exact) mass is 231 g/mol. The number of nitrogens with zero attached hydrogens (tertiary/aromatic N) is 3. The molecule has 0 aliphatic carbocycles. The molecule has 4 nitrogen and oxygen atoms in total. The minimum absolute atomic E-state index is 0.306. The van der Waals surface area contributed by atoms with Gasteiger partial charge >= 0.3 is 0 Å². The molecule has 1 N–H and O–H groups in total. The van der Waals surface area contributed by atoms with E-state index in [1.807, 2.05) is 36.1 Å². The maximum absolute atomic E-state index is 9.21. The van der Waals surface area contributed by atoms with Gasteiger partial charge in [-0.3, -0.25) is 4.90 Å². The SMILES string of the molecule is CN(Cc1ccc(O)cc1)Cc1nccn1C. The van der Waals surface area contributed by atoms with Crippen LogP contribution in [0.1, 0.15) is 11.4 Å². The van der Waals surface area contributed by atoms with Gasteiger partial charge in [0.25, 0.3) is 0 Å². The average Bonchev–Trinajstić information content (AvgIpc) is 2.68. The highest BCUT2D eigenvalue weighted by molar-refractivity contribution is 5.25. The summed E-state index contributed by atoms with van der Waals surface area (Å²) in [6, 6.07) is 7.29. The molecule has 0 saturated carbocycles. The number of imidazole rings is 1. The van der Waals surface area contributed by atoms with Crippen molar-refractivity contribution in [3.05, 3.63) is 48.0 Å². The van der Waals surface area contributed by atoms with Gasteiger partial charge in [0, 0.05) is 26.0 Å². The van der Waals surface area contributed by atoms with E-state index < -0.39 is 0 Å². The number of aromatic nitrogens is 2. The molecule has 2 rings (SSSR count). The van der Waals surface area contributed by atoms with E-state index in [0.29, 0.717) is 5.75 Å². The predicted octanol–water partition coefficient (Wildman–Crippen LogP) is 1.76. The van der Waals surface area contributed by atoms with Crippen LogP contribution in [0, 0.1) is 0 Å². The number of aromatic hydroxyl groups is 1. The lowest BCUT2D eigenvalue weighted by Crippen LogP contribution is -2.19. The normalized spacial score (nSPS) is 11.0. The Morgan fingerprint density at radius 2 is 1.94 bits per heavy atom. The summed E-state index contributed by atoms with van der Waals surface area (Å²) < 4.78 is 2.02. The Morgan fingerprint density at radius 1 is 1.24 bits per heavy atom. The average molecular weight is 231 g/mol. The van der Waals surface area contributed by atoms with Gasteiger partial charge in [0.2, 0.25) is 0 Å². The van der Waals surface area contributed by atoms with E-state index in [1.54, 1.807) is 12.1 Å². The van der Waals surface area contributed by atoms with Crippen molar-refractivity contribution in [3.63, 3.8) is 0 Å². The second-order valence-corrected chi connectivity index (χ2v) is 4.29. The van der Waals surface area contributed by atoms with E-state index in [-0.39, 0.29) is 0 Å². The highest BCUT2D eigenvalue weighted by Gasteiger charge is 2.05. The van der Waals surface area contributed by atoms with Crippen LogP contribution < -0.4 is 0 Å². The molecule has 1 heterocycles. The van der Waals surface area contributed by atoms with Crippen molar-refractivity contribution in [1.82, 2.24) is 14.5 Å². The number of phenols is 1. The molecule has 0 amide bonds.